The Morgan fingerprint density at radius 3 is 2.67 bits per heavy atom. The number of rotatable bonds is 8. The van der Waals surface area contributed by atoms with Crippen LogP contribution >= 0.6 is 15.9 Å². The van der Waals surface area contributed by atoms with Gasteiger partial charge in [-0.25, -0.2) is 4.79 Å². The Kier molecular flexibility index (Phi) is 6.80. The summed E-state index contributed by atoms with van der Waals surface area (Å²) < 4.78 is 6.27. The normalized spacial score (nSPS) is 10.3. The van der Waals surface area contributed by atoms with Gasteiger partial charge in [-0.15, -0.1) is 0 Å². The van der Waals surface area contributed by atoms with E-state index in [2.05, 4.69) is 22.9 Å². The molecule has 4 heteroatoms. The van der Waals surface area contributed by atoms with Gasteiger partial charge in [0.2, 0.25) is 0 Å². The maximum atomic E-state index is 11.0. The van der Waals surface area contributed by atoms with Crippen molar-refractivity contribution < 1.29 is 14.6 Å². The van der Waals surface area contributed by atoms with Crippen molar-refractivity contribution in [2.24, 2.45) is 0 Å². The number of halogens is 1. The van der Waals surface area contributed by atoms with E-state index >= 15 is 0 Å². The molecule has 18 heavy (non-hydrogen) atoms. The molecule has 0 fully saturated rings. The second-order valence-corrected chi connectivity index (χ2v) is 5.04. The summed E-state index contributed by atoms with van der Waals surface area (Å²) in [5.41, 5.74) is 0.206. The van der Waals surface area contributed by atoms with E-state index in [1.54, 1.807) is 18.2 Å². The Morgan fingerprint density at radius 2 is 2.00 bits per heavy atom. The summed E-state index contributed by atoms with van der Waals surface area (Å²) >= 11 is 3.32. The third-order valence-corrected chi connectivity index (χ3v) is 3.32. The average Bonchev–Trinajstić information content (AvgIpc) is 2.34. The summed E-state index contributed by atoms with van der Waals surface area (Å²) in [7, 11) is 0. The summed E-state index contributed by atoms with van der Waals surface area (Å²) in [5, 5.41) is 9.06. The van der Waals surface area contributed by atoms with E-state index in [4.69, 9.17) is 9.84 Å². The molecule has 0 aliphatic heterocycles. The highest BCUT2D eigenvalue weighted by Gasteiger charge is 2.13. The number of ether oxygens (including phenoxy) is 1. The van der Waals surface area contributed by atoms with Crippen molar-refractivity contribution in [3.63, 3.8) is 0 Å². The molecule has 0 radical (unpaired) electrons. The highest BCUT2D eigenvalue weighted by Crippen LogP contribution is 2.29. The van der Waals surface area contributed by atoms with Gasteiger partial charge in [0.05, 0.1) is 11.1 Å². The average molecular weight is 315 g/mol. The lowest BCUT2D eigenvalue weighted by atomic mass is 10.1. The number of para-hydroxylation sites is 1. The van der Waals surface area contributed by atoms with E-state index < -0.39 is 5.97 Å². The molecule has 0 amide bonds. The highest BCUT2D eigenvalue weighted by molar-refractivity contribution is 9.10. The summed E-state index contributed by atoms with van der Waals surface area (Å²) in [6, 6.07) is 5.04. The van der Waals surface area contributed by atoms with Crippen LogP contribution in [0.25, 0.3) is 0 Å². The smallest absolute Gasteiger partial charge is 0.339 e. The molecule has 0 unspecified atom stereocenters. The second kappa shape index (κ2) is 8.14. The minimum absolute atomic E-state index is 0.206. The Balaban J connectivity index is 2.48. The van der Waals surface area contributed by atoms with Crippen molar-refractivity contribution in [3.8, 4) is 5.75 Å². The van der Waals surface area contributed by atoms with Gasteiger partial charge in [0.15, 0.2) is 0 Å². The number of carboxylic acids is 1. The van der Waals surface area contributed by atoms with Crippen LogP contribution < -0.4 is 4.74 Å². The number of benzene rings is 1. The lowest BCUT2D eigenvalue weighted by Gasteiger charge is -2.10. The minimum atomic E-state index is -0.961. The highest BCUT2D eigenvalue weighted by atomic mass is 79.9. The molecule has 1 aromatic carbocycles. The molecule has 0 saturated heterocycles. The van der Waals surface area contributed by atoms with Crippen molar-refractivity contribution in [1.82, 2.24) is 0 Å². The lowest BCUT2D eigenvalue weighted by molar-refractivity contribution is 0.0692. The van der Waals surface area contributed by atoms with Crippen LogP contribution in [-0.4, -0.2) is 17.7 Å². The number of hydrogen-bond acceptors (Lipinski definition) is 2. The van der Waals surface area contributed by atoms with Gasteiger partial charge in [0, 0.05) is 0 Å². The van der Waals surface area contributed by atoms with Gasteiger partial charge in [0.25, 0.3) is 0 Å². The monoisotopic (exact) mass is 314 g/mol. The third-order valence-electron chi connectivity index (χ3n) is 2.69. The number of carbonyl (C=O) groups is 1. The molecule has 3 nitrogen and oxygen atoms in total. The fourth-order valence-corrected chi connectivity index (χ4v) is 2.18. The summed E-state index contributed by atoms with van der Waals surface area (Å²) in [6.07, 6.45) is 5.76. The first kappa shape index (κ1) is 15.0. The number of hydrogen-bond donors (Lipinski definition) is 1. The van der Waals surface area contributed by atoms with E-state index in [-0.39, 0.29) is 5.56 Å². The molecule has 1 rings (SSSR count). The van der Waals surface area contributed by atoms with Gasteiger partial charge in [0.1, 0.15) is 11.3 Å². The molecular weight excluding hydrogens is 296 g/mol. The zero-order chi connectivity index (χ0) is 13.4. The van der Waals surface area contributed by atoms with Gasteiger partial charge >= 0.3 is 5.97 Å². The molecular formula is C14H19BrO3. The van der Waals surface area contributed by atoms with Crippen molar-refractivity contribution >= 4 is 21.9 Å². The van der Waals surface area contributed by atoms with Gasteiger partial charge < -0.3 is 9.84 Å². The number of aromatic carboxylic acids is 1. The third kappa shape index (κ3) is 4.69. The first-order valence-electron chi connectivity index (χ1n) is 6.31. The Bertz CT molecular complexity index is 391. The van der Waals surface area contributed by atoms with Crippen LogP contribution in [-0.2, 0) is 0 Å². The number of unbranched alkanes of at least 4 members (excludes halogenated alkanes) is 4. The van der Waals surface area contributed by atoms with Gasteiger partial charge in [-0.05, 0) is 34.5 Å². The van der Waals surface area contributed by atoms with Crippen molar-refractivity contribution in [2.75, 3.05) is 6.61 Å². The second-order valence-electron chi connectivity index (χ2n) is 4.18. The van der Waals surface area contributed by atoms with E-state index in [0.717, 1.165) is 12.8 Å². The van der Waals surface area contributed by atoms with E-state index in [1.807, 2.05) is 0 Å². The predicted octanol–water partition coefficient (Wildman–Crippen LogP) is 4.50. The minimum Gasteiger partial charge on any atom is -0.491 e. The molecule has 0 aliphatic rings. The Morgan fingerprint density at radius 1 is 1.28 bits per heavy atom. The van der Waals surface area contributed by atoms with Crippen LogP contribution in [0.4, 0.5) is 0 Å². The molecule has 0 heterocycles. The van der Waals surface area contributed by atoms with Crippen LogP contribution in [0.3, 0.4) is 0 Å². The summed E-state index contributed by atoms with van der Waals surface area (Å²) in [4.78, 5) is 11.0. The lowest BCUT2D eigenvalue weighted by Crippen LogP contribution is -2.05. The zero-order valence-corrected chi connectivity index (χ0v) is 12.2. The molecule has 100 valence electrons. The van der Waals surface area contributed by atoms with Crippen LogP contribution in [0, 0.1) is 0 Å². The fourth-order valence-electron chi connectivity index (χ4n) is 1.70. The topological polar surface area (TPSA) is 46.5 Å². The molecule has 1 N–H and O–H groups in total. The molecule has 0 aliphatic carbocycles. The van der Waals surface area contributed by atoms with Crippen molar-refractivity contribution in [1.29, 1.82) is 0 Å². The van der Waals surface area contributed by atoms with Crippen molar-refractivity contribution in [2.45, 2.75) is 39.0 Å². The summed E-state index contributed by atoms with van der Waals surface area (Å²) in [5.74, 6) is -0.530. The van der Waals surface area contributed by atoms with Crippen LogP contribution in [0.1, 0.15) is 49.4 Å². The van der Waals surface area contributed by atoms with Crippen LogP contribution in [0.15, 0.2) is 22.7 Å². The molecule has 0 aromatic heterocycles. The molecule has 0 saturated carbocycles. The standard InChI is InChI=1S/C14H19BrO3/c1-2-3-4-5-6-10-18-13-11(14(16)17)8-7-9-12(13)15/h7-9H,2-6,10H2,1H3,(H,16,17). The van der Waals surface area contributed by atoms with Gasteiger partial charge in [-0.1, -0.05) is 38.7 Å². The molecule has 0 atom stereocenters. The SMILES string of the molecule is CCCCCCCOc1c(Br)cccc1C(=O)O. The molecule has 0 spiro atoms. The first-order chi connectivity index (χ1) is 8.66. The Labute approximate surface area is 116 Å². The van der Waals surface area contributed by atoms with Gasteiger partial charge in [-0.3, -0.25) is 0 Å². The first-order valence-corrected chi connectivity index (χ1v) is 7.10. The van der Waals surface area contributed by atoms with E-state index in [0.29, 0.717) is 16.8 Å². The maximum Gasteiger partial charge on any atom is 0.339 e. The zero-order valence-electron chi connectivity index (χ0n) is 10.6. The van der Waals surface area contributed by atoms with E-state index in [9.17, 15) is 4.79 Å². The number of carboxylic acid groups (broad SMARTS) is 1. The van der Waals surface area contributed by atoms with Crippen molar-refractivity contribution in [3.05, 3.63) is 28.2 Å². The van der Waals surface area contributed by atoms with E-state index in [1.165, 1.54) is 19.3 Å². The summed E-state index contributed by atoms with van der Waals surface area (Å²) in [6.45, 7) is 2.74. The van der Waals surface area contributed by atoms with Gasteiger partial charge in [-0.2, -0.15) is 0 Å². The van der Waals surface area contributed by atoms with Crippen LogP contribution in [0.5, 0.6) is 5.75 Å². The maximum absolute atomic E-state index is 11.0. The molecule has 1 aromatic rings. The Hall–Kier alpha value is -1.03. The van der Waals surface area contributed by atoms with Crippen LogP contribution in [0.2, 0.25) is 0 Å². The largest absolute Gasteiger partial charge is 0.491 e. The fraction of sp³-hybridized carbons (Fsp3) is 0.500. The predicted molar refractivity (Wildman–Crippen MR) is 75.4 cm³/mol. The quantitative estimate of drug-likeness (QED) is 0.719. The molecule has 0 bridgehead atoms.